The van der Waals surface area contributed by atoms with Gasteiger partial charge in [0.1, 0.15) is 0 Å². The molecule has 0 aromatic heterocycles. The van der Waals surface area contributed by atoms with Gasteiger partial charge in [0, 0.05) is 12.6 Å². The third-order valence-electron chi connectivity index (χ3n) is 4.02. The van der Waals surface area contributed by atoms with Gasteiger partial charge in [-0.05, 0) is 42.0 Å². The molecule has 1 aliphatic carbocycles. The normalized spacial score (nSPS) is 15.7. The number of ether oxygens (including phenoxy) is 1. The van der Waals surface area contributed by atoms with Crippen LogP contribution in [0.15, 0.2) is 48.5 Å². The molecule has 1 aliphatic rings. The molecule has 0 spiro atoms. The highest BCUT2D eigenvalue weighted by Crippen LogP contribution is 2.41. The highest BCUT2D eigenvalue weighted by molar-refractivity contribution is 5.41. The molecule has 1 unspecified atom stereocenters. The molecule has 2 N–H and O–H groups in total. The average Bonchev–Trinajstić information content (AvgIpc) is 3.35. The van der Waals surface area contributed by atoms with E-state index in [4.69, 9.17) is 4.74 Å². The van der Waals surface area contributed by atoms with Gasteiger partial charge in [-0.1, -0.05) is 36.4 Å². The largest absolute Gasteiger partial charge is 0.504 e. The Balaban J connectivity index is 1.70. The molecule has 3 heteroatoms. The molecule has 2 aromatic rings. The summed E-state index contributed by atoms with van der Waals surface area (Å²) in [6.07, 6.45) is 2.59. The van der Waals surface area contributed by atoms with Crippen LogP contribution in [0.25, 0.3) is 0 Å². The Morgan fingerprint density at radius 2 is 1.95 bits per heavy atom. The Morgan fingerprint density at radius 3 is 2.62 bits per heavy atom. The predicted octanol–water partition coefficient (Wildman–Crippen LogP) is 3.64. The van der Waals surface area contributed by atoms with Crippen LogP contribution in [-0.4, -0.2) is 12.2 Å². The van der Waals surface area contributed by atoms with Crippen LogP contribution in [0.3, 0.4) is 0 Å². The Morgan fingerprint density at radius 1 is 1.19 bits per heavy atom. The number of hydrogen-bond donors (Lipinski definition) is 2. The average molecular weight is 283 g/mol. The maximum Gasteiger partial charge on any atom is 0.160 e. The van der Waals surface area contributed by atoms with Gasteiger partial charge in [0.2, 0.25) is 0 Å². The lowest BCUT2D eigenvalue weighted by molar-refractivity contribution is 0.372. The van der Waals surface area contributed by atoms with Crippen molar-refractivity contribution < 1.29 is 9.84 Å². The van der Waals surface area contributed by atoms with Crippen molar-refractivity contribution in [2.75, 3.05) is 7.11 Å². The van der Waals surface area contributed by atoms with E-state index in [2.05, 4.69) is 35.6 Å². The van der Waals surface area contributed by atoms with Crippen molar-refractivity contribution in [3.63, 3.8) is 0 Å². The van der Waals surface area contributed by atoms with Gasteiger partial charge in [0.25, 0.3) is 0 Å². The van der Waals surface area contributed by atoms with Crippen LogP contribution in [0.2, 0.25) is 0 Å². The predicted molar refractivity (Wildman–Crippen MR) is 83.4 cm³/mol. The van der Waals surface area contributed by atoms with E-state index >= 15 is 0 Å². The smallest absolute Gasteiger partial charge is 0.160 e. The summed E-state index contributed by atoms with van der Waals surface area (Å²) in [6.45, 7) is 0.771. The molecule has 0 saturated heterocycles. The van der Waals surface area contributed by atoms with Crippen molar-refractivity contribution >= 4 is 0 Å². The fourth-order valence-electron chi connectivity index (χ4n) is 2.71. The summed E-state index contributed by atoms with van der Waals surface area (Å²) in [5, 5.41) is 13.3. The number of methoxy groups -OCH3 is 1. The molecule has 1 saturated carbocycles. The molecule has 0 amide bonds. The molecular weight excluding hydrogens is 262 g/mol. The maximum absolute atomic E-state index is 9.64. The Kier molecular flexibility index (Phi) is 4.11. The van der Waals surface area contributed by atoms with Crippen LogP contribution in [0.4, 0.5) is 0 Å². The molecule has 0 heterocycles. The van der Waals surface area contributed by atoms with Gasteiger partial charge in [-0.15, -0.1) is 0 Å². The van der Waals surface area contributed by atoms with Crippen LogP contribution in [0.5, 0.6) is 11.5 Å². The molecule has 21 heavy (non-hydrogen) atoms. The van der Waals surface area contributed by atoms with Crippen LogP contribution in [0.1, 0.15) is 30.0 Å². The maximum atomic E-state index is 9.64. The van der Waals surface area contributed by atoms with Crippen molar-refractivity contribution in [1.82, 2.24) is 5.32 Å². The number of hydrogen-bond acceptors (Lipinski definition) is 3. The highest BCUT2D eigenvalue weighted by Gasteiger charge is 2.31. The van der Waals surface area contributed by atoms with Crippen molar-refractivity contribution in [3.05, 3.63) is 59.7 Å². The van der Waals surface area contributed by atoms with Gasteiger partial charge >= 0.3 is 0 Å². The standard InChI is InChI=1S/C18H21NO2/c1-21-17-11-13(7-10-16(17)20)12-19-18(15-8-9-15)14-5-3-2-4-6-14/h2-7,10-11,15,18-20H,8-9,12H2,1H3. The first-order chi connectivity index (χ1) is 10.3. The van der Waals surface area contributed by atoms with Crippen molar-refractivity contribution in [3.8, 4) is 11.5 Å². The van der Waals surface area contributed by atoms with E-state index in [1.54, 1.807) is 13.2 Å². The second-order valence-electron chi connectivity index (χ2n) is 5.61. The molecule has 2 aromatic carbocycles. The van der Waals surface area contributed by atoms with Gasteiger partial charge < -0.3 is 15.2 Å². The number of rotatable bonds is 6. The first kappa shape index (κ1) is 14.0. The summed E-state index contributed by atoms with van der Waals surface area (Å²) >= 11 is 0. The molecule has 110 valence electrons. The first-order valence-electron chi connectivity index (χ1n) is 7.42. The summed E-state index contributed by atoms with van der Waals surface area (Å²) in [5.41, 5.74) is 2.47. The first-order valence-corrected chi connectivity index (χ1v) is 7.42. The van der Waals surface area contributed by atoms with Crippen LogP contribution in [-0.2, 0) is 6.54 Å². The number of aromatic hydroxyl groups is 1. The zero-order chi connectivity index (χ0) is 14.7. The van der Waals surface area contributed by atoms with E-state index in [1.807, 2.05) is 12.1 Å². The molecule has 0 radical (unpaired) electrons. The Hall–Kier alpha value is -2.00. The van der Waals surface area contributed by atoms with Gasteiger partial charge in [-0.3, -0.25) is 0 Å². The van der Waals surface area contributed by atoms with Gasteiger partial charge in [0.05, 0.1) is 7.11 Å². The van der Waals surface area contributed by atoms with E-state index in [9.17, 15) is 5.11 Å². The van der Waals surface area contributed by atoms with E-state index in [-0.39, 0.29) is 5.75 Å². The second kappa shape index (κ2) is 6.19. The zero-order valence-electron chi connectivity index (χ0n) is 12.3. The van der Waals surface area contributed by atoms with Crippen LogP contribution in [0, 0.1) is 5.92 Å². The molecule has 0 bridgehead atoms. The van der Waals surface area contributed by atoms with Crippen molar-refractivity contribution in [2.24, 2.45) is 5.92 Å². The monoisotopic (exact) mass is 283 g/mol. The Bertz CT molecular complexity index is 593. The SMILES string of the molecule is COc1cc(CNC(c2ccccc2)C2CC2)ccc1O. The van der Waals surface area contributed by atoms with Crippen molar-refractivity contribution in [2.45, 2.75) is 25.4 Å². The quantitative estimate of drug-likeness (QED) is 0.850. The highest BCUT2D eigenvalue weighted by atomic mass is 16.5. The fourth-order valence-corrected chi connectivity index (χ4v) is 2.71. The number of nitrogens with one attached hydrogen (secondary N) is 1. The van der Waals surface area contributed by atoms with Gasteiger partial charge in [-0.25, -0.2) is 0 Å². The summed E-state index contributed by atoms with van der Waals surface area (Å²) in [7, 11) is 1.57. The van der Waals surface area contributed by atoms with E-state index in [0.717, 1.165) is 18.0 Å². The summed E-state index contributed by atoms with van der Waals surface area (Å²) in [5.74, 6) is 1.45. The second-order valence-corrected chi connectivity index (χ2v) is 5.61. The fraction of sp³-hybridized carbons (Fsp3) is 0.333. The third kappa shape index (κ3) is 3.37. The van der Waals surface area contributed by atoms with Crippen LogP contribution >= 0.6 is 0 Å². The van der Waals surface area contributed by atoms with Gasteiger partial charge in [-0.2, -0.15) is 0 Å². The minimum absolute atomic E-state index is 0.183. The lowest BCUT2D eigenvalue weighted by Gasteiger charge is -2.19. The minimum Gasteiger partial charge on any atom is -0.504 e. The zero-order valence-corrected chi connectivity index (χ0v) is 12.3. The summed E-state index contributed by atoms with van der Waals surface area (Å²) in [4.78, 5) is 0. The molecular formula is C18H21NO2. The lowest BCUT2D eigenvalue weighted by Crippen LogP contribution is -2.22. The van der Waals surface area contributed by atoms with Crippen LogP contribution < -0.4 is 10.1 Å². The number of benzene rings is 2. The molecule has 3 rings (SSSR count). The van der Waals surface area contributed by atoms with Gasteiger partial charge in [0.15, 0.2) is 11.5 Å². The topological polar surface area (TPSA) is 41.5 Å². The van der Waals surface area contributed by atoms with E-state index in [0.29, 0.717) is 11.8 Å². The summed E-state index contributed by atoms with van der Waals surface area (Å²) < 4.78 is 5.16. The van der Waals surface area contributed by atoms with Crippen molar-refractivity contribution in [1.29, 1.82) is 0 Å². The number of phenols is 1. The molecule has 3 nitrogen and oxygen atoms in total. The lowest BCUT2D eigenvalue weighted by atomic mass is 10.0. The van der Waals surface area contributed by atoms with E-state index < -0.39 is 0 Å². The Labute approximate surface area is 125 Å². The molecule has 1 atom stereocenters. The molecule has 0 aliphatic heterocycles. The minimum atomic E-state index is 0.183. The summed E-state index contributed by atoms with van der Waals surface area (Å²) in [6, 6.07) is 16.5. The third-order valence-corrected chi connectivity index (χ3v) is 4.02. The number of phenolic OH excluding ortho intramolecular Hbond substituents is 1. The van der Waals surface area contributed by atoms with E-state index in [1.165, 1.54) is 18.4 Å². The molecule has 1 fully saturated rings.